The molecule has 142 valence electrons. The first-order valence-electron chi connectivity index (χ1n) is 9.31. The Kier molecular flexibility index (Phi) is 6.08. The molecule has 6 heteroatoms. The van der Waals surface area contributed by atoms with Gasteiger partial charge in [-0.3, -0.25) is 4.79 Å². The third-order valence-electron chi connectivity index (χ3n) is 5.25. The zero-order valence-corrected chi connectivity index (χ0v) is 16.5. The number of halogens is 1. The first kappa shape index (κ1) is 19.3. The largest absolute Gasteiger partial charge is 0.484 e. The van der Waals surface area contributed by atoms with Crippen LogP contribution in [0.15, 0.2) is 24.3 Å². The predicted molar refractivity (Wildman–Crippen MR) is 106 cm³/mol. The Morgan fingerprint density at radius 1 is 1.26 bits per heavy atom. The summed E-state index contributed by atoms with van der Waals surface area (Å²) in [5, 5.41) is 13.2. The van der Waals surface area contributed by atoms with Gasteiger partial charge in [0.25, 0.3) is 5.91 Å². The number of hydrogen-bond donors (Lipinski definition) is 1. The third-order valence-corrected chi connectivity index (χ3v) is 5.50. The van der Waals surface area contributed by atoms with Crippen molar-refractivity contribution in [3.63, 3.8) is 0 Å². The fourth-order valence-electron chi connectivity index (χ4n) is 3.73. The Bertz CT molecular complexity index is 859. The minimum Gasteiger partial charge on any atom is -0.484 e. The lowest BCUT2D eigenvalue weighted by Crippen LogP contribution is -2.24. The number of nitrogens with one attached hydrogen (secondary N) is 1. The number of ether oxygens (including phenoxy) is 1. The molecule has 0 saturated heterocycles. The molecule has 1 aliphatic rings. The summed E-state index contributed by atoms with van der Waals surface area (Å²) in [6.45, 7) is 3.83. The number of amides is 1. The summed E-state index contributed by atoms with van der Waals surface area (Å²) in [4.78, 5) is 12.5. The summed E-state index contributed by atoms with van der Waals surface area (Å²) in [5.74, 6) is 0.894. The molecule has 1 aromatic carbocycles. The molecule has 1 amide bonds. The number of nitrogens with zero attached hydrogens (tertiary/aromatic N) is 2. The lowest BCUT2D eigenvalue weighted by molar-refractivity contribution is -0.118. The molecule has 3 rings (SSSR count). The predicted octanol–water partition coefficient (Wildman–Crippen LogP) is 5.15. The third kappa shape index (κ3) is 4.28. The second-order valence-corrected chi connectivity index (χ2v) is 7.43. The second kappa shape index (κ2) is 8.49. The van der Waals surface area contributed by atoms with Crippen molar-refractivity contribution in [2.45, 2.75) is 52.0 Å². The van der Waals surface area contributed by atoms with Gasteiger partial charge in [-0.05, 0) is 56.5 Å². The van der Waals surface area contributed by atoms with Crippen molar-refractivity contribution in [3.8, 4) is 11.8 Å². The van der Waals surface area contributed by atoms with Crippen LogP contribution in [0.3, 0.4) is 0 Å². The molecule has 1 fully saturated rings. The number of benzene rings is 1. The quantitative estimate of drug-likeness (QED) is 0.773. The number of carbonyl (C=O) groups excluding carboxylic acids is 1. The smallest absolute Gasteiger partial charge is 0.263 e. The summed E-state index contributed by atoms with van der Waals surface area (Å²) < 4.78 is 7.67. The molecule has 1 saturated carbocycles. The van der Waals surface area contributed by atoms with Crippen LogP contribution in [-0.2, 0) is 4.79 Å². The van der Waals surface area contributed by atoms with Crippen LogP contribution in [0, 0.1) is 25.2 Å². The molecule has 0 unspecified atom stereocenters. The van der Waals surface area contributed by atoms with E-state index >= 15 is 0 Å². The van der Waals surface area contributed by atoms with Gasteiger partial charge in [0, 0.05) is 16.8 Å². The van der Waals surface area contributed by atoms with Gasteiger partial charge in [-0.25, -0.2) is 0 Å². The normalized spacial score (nSPS) is 14.6. The highest BCUT2D eigenvalue weighted by atomic mass is 35.5. The Morgan fingerprint density at radius 2 is 1.93 bits per heavy atom. The van der Waals surface area contributed by atoms with Crippen LogP contribution in [0.1, 0.15) is 55.0 Å². The molecule has 2 aromatic rings. The van der Waals surface area contributed by atoms with Crippen LogP contribution < -0.4 is 10.1 Å². The molecule has 0 bridgehead atoms. The zero-order valence-electron chi connectivity index (χ0n) is 15.7. The average Bonchev–Trinajstić information content (AvgIpc) is 2.91. The van der Waals surface area contributed by atoms with Crippen LogP contribution in [0.5, 0.6) is 5.75 Å². The Balaban J connectivity index is 1.78. The van der Waals surface area contributed by atoms with Crippen molar-refractivity contribution in [1.82, 2.24) is 4.57 Å². The van der Waals surface area contributed by atoms with Gasteiger partial charge < -0.3 is 14.6 Å². The van der Waals surface area contributed by atoms with Crippen LogP contribution in [0.25, 0.3) is 0 Å². The number of carbonyl (C=O) groups is 1. The number of anilines is 1. The summed E-state index contributed by atoms with van der Waals surface area (Å²) in [5.41, 5.74) is 2.52. The number of nitriles is 1. The lowest BCUT2D eigenvalue weighted by Gasteiger charge is -2.27. The maximum Gasteiger partial charge on any atom is 0.263 e. The Hall–Kier alpha value is -2.45. The summed E-state index contributed by atoms with van der Waals surface area (Å²) in [6.07, 6.45) is 5.75. The van der Waals surface area contributed by atoms with Gasteiger partial charge >= 0.3 is 0 Å². The van der Waals surface area contributed by atoms with Crippen molar-refractivity contribution in [2.75, 3.05) is 11.9 Å². The van der Waals surface area contributed by atoms with E-state index in [1.807, 2.05) is 13.8 Å². The van der Waals surface area contributed by atoms with Crippen molar-refractivity contribution < 1.29 is 9.53 Å². The average molecular weight is 386 g/mol. The van der Waals surface area contributed by atoms with Crippen molar-refractivity contribution in [1.29, 1.82) is 5.26 Å². The van der Waals surface area contributed by atoms with Gasteiger partial charge in [0.2, 0.25) is 0 Å². The maximum absolute atomic E-state index is 12.5. The van der Waals surface area contributed by atoms with Gasteiger partial charge in [0.1, 0.15) is 17.6 Å². The highest BCUT2D eigenvalue weighted by molar-refractivity contribution is 6.30. The molecule has 0 radical (unpaired) electrons. The van der Waals surface area contributed by atoms with Gasteiger partial charge in [-0.2, -0.15) is 5.26 Å². The first-order valence-corrected chi connectivity index (χ1v) is 9.68. The summed E-state index contributed by atoms with van der Waals surface area (Å²) >= 11 is 5.86. The van der Waals surface area contributed by atoms with Gasteiger partial charge in [0.05, 0.1) is 5.56 Å². The number of aromatic nitrogens is 1. The minimum atomic E-state index is -0.281. The minimum absolute atomic E-state index is 0.125. The van der Waals surface area contributed by atoms with E-state index in [0.717, 1.165) is 24.1 Å². The monoisotopic (exact) mass is 385 g/mol. The van der Waals surface area contributed by atoms with Crippen molar-refractivity contribution in [3.05, 3.63) is 46.1 Å². The van der Waals surface area contributed by atoms with Gasteiger partial charge in [0.15, 0.2) is 6.61 Å². The van der Waals surface area contributed by atoms with Crippen LogP contribution in [-0.4, -0.2) is 17.1 Å². The molecule has 0 atom stereocenters. The fraction of sp³-hybridized carbons (Fsp3) is 0.429. The van der Waals surface area contributed by atoms with E-state index in [1.165, 1.54) is 19.3 Å². The fourth-order valence-corrected chi connectivity index (χ4v) is 3.86. The molecule has 0 aliphatic heterocycles. The van der Waals surface area contributed by atoms with Crippen LogP contribution in [0.4, 0.5) is 5.82 Å². The summed E-state index contributed by atoms with van der Waals surface area (Å²) in [7, 11) is 0. The Labute approximate surface area is 164 Å². The molecule has 1 aliphatic carbocycles. The van der Waals surface area contributed by atoms with Gasteiger partial charge in [-0.15, -0.1) is 0 Å². The zero-order chi connectivity index (χ0) is 19.4. The first-order chi connectivity index (χ1) is 13.0. The van der Waals surface area contributed by atoms with E-state index in [-0.39, 0.29) is 12.5 Å². The second-order valence-electron chi connectivity index (χ2n) is 7.00. The van der Waals surface area contributed by atoms with E-state index < -0.39 is 0 Å². The Morgan fingerprint density at radius 3 is 2.56 bits per heavy atom. The maximum atomic E-state index is 12.5. The van der Waals surface area contributed by atoms with Crippen LogP contribution in [0.2, 0.25) is 5.02 Å². The van der Waals surface area contributed by atoms with Gasteiger partial charge in [-0.1, -0.05) is 30.9 Å². The highest BCUT2D eigenvalue weighted by Crippen LogP contribution is 2.36. The molecule has 27 heavy (non-hydrogen) atoms. The number of rotatable bonds is 5. The number of hydrogen-bond acceptors (Lipinski definition) is 3. The van der Waals surface area contributed by atoms with E-state index in [9.17, 15) is 10.1 Å². The SMILES string of the molecule is Cc1c(C#N)c(NC(=O)COc2ccc(Cl)cc2)n(C2CCCCC2)c1C. The van der Waals surface area contributed by atoms with E-state index in [2.05, 4.69) is 16.0 Å². The summed E-state index contributed by atoms with van der Waals surface area (Å²) in [6, 6.07) is 9.44. The highest BCUT2D eigenvalue weighted by Gasteiger charge is 2.25. The molecule has 1 heterocycles. The molecule has 1 aromatic heterocycles. The molecular weight excluding hydrogens is 362 g/mol. The van der Waals surface area contributed by atoms with E-state index in [0.29, 0.717) is 28.2 Å². The van der Waals surface area contributed by atoms with E-state index in [1.54, 1.807) is 24.3 Å². The lowest BCUT2D eigenvalue weighted by atomic mass is 9.95. The standard InChI is InChI=1S/C21H24ClN3O2/c1-14-15(2)25(17-6-4-3-5-7-17)21(19(14)12-23)24-20(26)13-27-18-10-8-16(22)9-11-18/h8-11,17H,3-7,13H2,1-2H3,(H,24,26). The molecule has 0 spiro atoms. The molecular formula is C21H24ClN3O2. The molecule has 5 nitrogen and oxygen atoms in total. The van der Waals surface area contributed by atoms with Crippen molar-refractivity contribution >= 4 is 23.3 Å². The topological polar surface area (TPSA) is 67.1 Å². The van der Waals surface area contributed by atoms with Crippen LogP contribution >= 0.6 is 11.6 Å². The van der Waals surface area contributed by atoms with Crippen molar-refractivity contribution in [2.24, 2.45) is 0 Å². The van der Waals surface area contributed by atoms with E-state index in [4.69, 9.17) is 16.3 Å². The molecule has 1 N–H and O–H groups in total.